The largest absolute Gasteiger partial charge is 0.508 e. The van der Waals surface area contributed by atoms with Crippen molar-refractivity contribution >= 4 is 5.91 Å². The van der Waals surface area contributed by atoms with E-state index in [1.54, 1.807) is 13.2 Å². The van der Waals surface area contributed by atoms with Crippen molar-refractivity contribution in [2.24, 2.45) is 0 Å². The number of amides is 1. The molecule has 1 heterocycles. The molecule has 1 saturated carbocycles. The molecule has 1 atom stereocenters. The standard InChI is InChI=1S/C25H32N2O4/c1-30-22-12-10-19(11-13-22)25(29)27(21-7-3-4-8-21)18-23-17-26(14-15-31-23)16-20-6-2-5-9-24(20)28/h2,5-6,9-13,21,23,28H,3-4,7-8,14-18H2,1H3. The van der Waals surface area contributed by atoms with E-state index in [1.807, 2.05) is 47.4 Å². The first kappa shape index (κ1) is 21.7. The topological polar surface area (TPSA) is 62.2 Å². The number of ether oxygens (including phenoxy) is 2. The summed E-state index contributed by atoms with van der Waals surface area (Å²) in [6.07, 6.45) is 4.40. The van der Waals surface area contributed by atoms with E-state index in [2.05, 4.69) is 4.90 Å². The first-order chi connectivity index (χ1) is 15.1. The van der Waals surface area contributed by atoms with E-state index in [4.69, 9.17) is 9.47 Å². The molecule has 4 rings (SSSR count). The van der Waals surface area contributed by atoms with Gasteiger partial charge in [-0.2, -0.15) is 0 Å². The molecule has 2 aliphatic rings. The molecular formula is C25H32N2O4. The molecule has 31 heavy (non-hydrogen) atoms. The minimum absolute atomic E-state index is 0.0394. The molecule has 6 heteroatoms. The van der Waals surface area contributed by atoms with Crippen molar-refractivity contribution in [3.8, 4) is 11.5 Å². The molecule has 1 N–H and O–H groups in total. The fourth-order valence-electron chi connectivity index (χ4n) is 4.65. The molecule has 1 aliphatic heterocycles. The fourth-order valence-corrected chi connectivity index (χ4v) is 4.65. The lowest BCUT2D eigenvalue weighted by molar-refractivity contribution is -0.0469. The highest BCUT2D eigenvalue weighted by Crippen LogP contribution is 2.27. The Bertz CT molecular complexity index is 864. The van der Waals surface area contributed by atoms with Crippen molar-refractivity contribution in [3.63, 3.8) is 0 Å². The predicted molar refractivity (Wildman–Crippen MR) is 119 cm³/mol. The van der Waals surface area contributed by atoms with Crippen LogP contribution in [0.25, 0.3) is 0 Å². The lowest BCUT2D eigenvalue weighted by atomic mass is 10.1. The molecule has 0 bridgehead atoms. The molecule has 1 amide bonds. The SMILES string of the molecule is COc1ccc(C(=O)N(CC2CN(Cc3ccccc3O)CCO2)C2CCCC2)cc1. The molecule has 1 aliphatic carbocycles. The van der Waals surface area contributed by atoms with E-state index in [0.29, 0.717) is 31.0 Å². The number of phenolic OH excluding ortho intramolecular Hbond substituents is 1. The summed E-state index contributed by atoms with van der Waals surface area (Å²) in [6, 6.07) is 15.1. The number of phenols is 1. The van der Waals surface area contributed by atoms with Crippen molar-refractivity contribution < 1.29 is 19.4 Å². The second-order valence-electron chi connectivity index (χ2n) is 8.48. The maximum atomic E-state index is 13.4. The lowest BCUT2D eigenvalue weighted by Gasteiger charge is -2.38. The van der Waals surface area contributed by atoms with Crippen LogP contribution in [0.5, 0.6) is 11.5 Å². The number of carbonyl (C=O) groups excluding carboxylic acids is 1. The number of hydrogen-bond donors (Lipinski definition) is 1. The Morgan fingerprint density at radius 2 is 1.90 bits per heavy atom. The summed E-state index contributed by atoms with van der Waals surface area (Å²) in [5.74, 6) is 1.14. The first-order valence-electron chi connectivity index (χ1n) is 11.2. The van der Waals surface area contributed by atoms with Crippen LogP contribution in [-0.2, 0) is 11.3 Å². The Morgan fingerprint density at radius 1 is 1.16 bits per heavy atom. The van der Waals surface area contributed by atoms with Gasteiger partial charge in [-0.15, -0.1) is 0 Å². The molecule has 0 spiro atoms. The normalized spacial score (nSPS) is 20.0. The van der Waals surface area contributed by atoms with Gasteiger partial charge in [0.05, 0.1) is 19.8 Å². The number of methoxy groups -OCH3 is 1. The summed E-state index contributed by atoms with van der Waals surface area (Å²) in [6.45, 7) is 3.47. The van der Waals surface area contributed by atoms with Gasteiger partial charge >= 0.3 is 0 Å². The van der Waals surface area contributed by atoms with Crippen LogP contribution in [0.15, 0.2) is 48.5 Å². The maximum Gasteiger partial charge on any atom is 0.254 e. The van der Waals surface area contributed by atoms with Gasteiger partial charge < -0.3 is 19.5 Å². The van der Waals surface area contributed by atoms with Crippen LogP contribution >= 0.6 is 0 Å². The Labute approximate surface area is 184 Å². The second kappa shape index (κ2) is 10.2. The van der Waals surface area contributed by atoms with Crippen LogP contribution in [0, 0.1) is 0 Å². The van der Waals surface area contributed by atoms with Crippen molar-refractivity contribution in [3.05, 3.63) is 59.7 Å². The van der Waals surface area contributed by atoms with Gasteiger partial charge in [0, 0.05) is 43.3 Å². The fraction of sp³-hybridized carbons (Fsp3) is 0.480. The van der Waals surface area contributed by atoms with E-state index in [-0.39, 0.29) is 18.1 Å². The predicted octanol–water partition coefficient (Wildman–Crippen LogP) is 3.69. The van der Waals surface area contributed by atoms with Gasteiger partial charge in [-0.25, -0.2) is 0 Å². The average molecular weight is 425 g/mol. The molecule has 1 unspecified atom stereocenters. The number of carbonyl (C=O) groups is 1. The molecule has 2 fully saturated rings. The van der Waals surface area contributed by atoms with Gasteiger partial charge in [0.25, 0.3) is 5.91 Å². The molecule has 2 aromatic rings. The zero-order valence-electron chi connectivity index (χ0n) is 18.2. The van der Waals surface area contributed by atoms with Gasteiger partial charge in [-0.3, -0.25) is 9.69 Å². The summed E-state index contributed by atoms with van der Waals surface area (Å²) in [5.41, 5.74) is 1.61. The van der Waals surface area contributed by atoms with Gasteiger partial charge in [0.15, 0.2) is 0 Å². The van der Waals surface area contributed by atoms with Crippen molar-refractivity contribution in [1.82, 2.24) is 9.80 Å². The lowest BCUT2D eigenvalue weighted by Crippen LogP contribution is -2.50. The Morgan fingerprint density at radius 3 is 2.61 bits per heavy atom. The molecular weight excluding hydrogens is 392 g/mol. The number of aromatic hydroxyl groups is 1. The number of benzene rings is 2. The van der Waals surface area contributed by atoms with E-state index in [0.717, 1.165) is 37.2 Å². The summed E-state index contributed by atoms with van der Waals surface area (Å²) in [4.78, 5) is 17.7. The van der Waals surface area contributed by atoms with Gasteiger partial charge in [0.1, 0.15) is 11.5 Å². The molecule has 0 radical (unpaired) electrons. The molecule has 0 aromatic heterocycles. The molecule has 6 nitrogen and oxygen atoms in total. The quantitative estimate of drug-likeness (QED) is 0.735. The van der Waals surface area contributed by atoms with Gasteiger partial charge in [-0.1, -0.05) is 31.0 Å². The summed E-state index contributed by atoms with van der Waals surface area (Å²) >= 11 is 0. The average Bonchev–Trinajstić information content (AvgIpc) is 3.34. The maximum absolute atomic E-state index is 13.4. The second-order valence-corrected chi connectivity index (χ2v) is 8.48. The van der Waals surface area contributed by atoms with Crippen LogP contribution in [0.3, 0.4) is 0 Å². The zero-order valence-corrected chi connectivity index (χ0v) is 18.2. The first-order valence-corrected chi connectivity index (χ1v) is 11.2. The van der Waals surface area contributed by atoms with Crippen LogP contribution < -0.4 is 4.74 Å². The van der Waals surface area contributed by atoms with Crippen LogP contribution in [-0.4, -0.2) is 66.3 Å². The van der Waals surface area contributed by atoms with E-state index in [9.17, 15) is 9.90 Å². The van der Waals surface area contributed by atoms with Crippen molar-refractivity contribution in [2.45, 2.75) is 44.4 Å². The highest BCUT2D eigenvalue weighted by Gasteiger charge is 2.31. The summed E-state index contributed by atoms with van der Waals surface area (Å²) < 4.78 is 11.3. The minimum Gasteiger partial charge on any atom is -0.508 e. The van der Waals surface area contributed by atoms with Crippen LogP contribution in [0.4, 0.5) is 0 Å². The smallest absolute Gasteiger partial charge is 0.254 e. The highest BCUT2D eigenvalue weighted by atomic mass is 16.5. The third-order valence-electron chi connectivity index (χ3n) is 6.37. The zero-order chi connectivity index (χ0) is 21.6. The van der Waals surface area contributed by atoms with E-state index in [1.165, 1.54) is 12.8 Å². The Kier molecular flexibility index (Phi) is 7.10. The number of hydrogen-bond acceptors (Lipinski definition) is 5. The molecule has 166 valence electrons. The monoisotopic (exact) mass is 424 g/mol. The number of rotatable bonds is 7. The Hall–Kier alpha value is -2.57. The summed E-state index contributed by atoms with van der Waals surface area (Å²) in [5, 5.41) is 10.1. The third kappa shape index (κ3) is 5.38. The van der Waals surface area contributed by atoms with Crippen LogP contribution in [0.1, 0.15) is 41.6 Å². The van der Waals surface area contributed by atoms with Crippen molar-refractivity contribution in [1.29, 1.82) is 0 Å². The number of morpholine rings is 1. The van der Waals surface area contributed by atoms with E-state index >= 15 is 0 Å². The molecule has 2 aromatic carbocycles. The minimum atomic E-state index is -0.0394. The molecule has 1 saturated heterocycles. The summed E-state index contributed by atoms with van der Waals surface area (Å²) in [7, 11) is 1.63. The third-order valence-corrected chi connectivity index (χ3v) is 6.37. The van der Waals surface area contributed by atoms with Crippen molar-refractivity contribution in [2.75, 3.05) is 33.4 Å². The van der Waals surface area contributed by atoms with E-state index < -0.39 is 0 Å². The van der Waals surface area contributed by atoms with Gasteiger partial charge in [-0.05, 0) is 43.2 Å². The highest BCUT2D eigenvalue weighted by molar-refractivity contribution is 5.94. The number of para-hydroxylation sites is 1. The van der Waals surface area contributed by atoms with Gasteiger partial charge in [0.2, 0.25) is 0 Å². The Balaban J connectivity index is 1.44. The number of nitrogens with zero attached hydrogens (tertiary/aromatic N) is 2. The van der Waals surface area contributed by atoms with Crippen LogP contribution in [0.2, 0.25) is 0 Å².